The highest BCUT2D eigenvalue weighted by atomic mass is 32.2. The summed E-state index contributed by atoms with van der Waals surface area (Å²) >= 11 is 1.63. The number of nitrogens with one attached hydrogen (secondary N) is 3. The maximum absolute atomic E-state index is 13.5. The van der Waals surface area contributed by atoms with Gasteiger partial charge in [0.1, 0.15) is 18.1 Å². The van der Waals surface area contributed by atoms with E-state index in [1.165, 1.54) is 25.7 Å². The molecule has 13 heteroatoms. The van der Waals surface area contributed by atoms with Gasteiger partial charge < -0.3 is 20.9 Å². The largest absolute Gasteiger partial charge is 0.471 e. The first-order chi connectivity index (χ1) is 16.2. The molecular formula is C22H30F3N5O4S. The number of thioether (sulfide) groups is 1. The van der Waals surface area contributed by atoms with Crippen molar-refractivity contribution in [1.82, 2.24) is 20.9 Å². The van der Waals surface area contributed by atoms with Crippen LogP contribution in [0.25, 0.3) is 0 Å². The lowest BCUT2D eigenvalue weighted by Gasteiger charge is -2.36. The number of nitriles is 1. The van der Waals surface area contributed by atoms with Crippen LogP contribution in [0.3, 0.4) is 0 Å². The van der Waals surface area contributed by atoms with E-state index in [-0.39, 0.29) is 30.7 Å². The minimum atomic E-state index is -5.16. The van der Waals surface area contributed by atoms with Gasteiger partial charge in [-0.25, -0.2) is 0 Å². The van der Waals surface area contributed by atoms with E-state index in [4.69, 9.17) is 0 Å². The summed E-state index contributed by atoms with van der Waals surface area (Å²) in [4.78, 5) is 51.7. The second kappa shape index (κ2) is 10.2. The zero-order chi connectivity index (χ0) is 26.1. The van der Waals surface area contributed by atoms with Gasteiger partial charge in [-0.15, -0.1) is 0 Å². The number of fused-ring (bicyclic) bond motifs is 1. The first-order valence-corrected chi connectivity index (χ1v) is 12.6. The number of nitrogens with zero attached hydrogens (tertiary/aromatic N) is 2. The molecule has 0 radical (unpaired) electrons. The fourth-order valence-corrected chi connectivity index (χ4v) is 6.41. The van der Waals surface area contributed by atoms with E-state index in [9.17, 15) is 37.6 Å². The highest BCUT2D eigenvalue weighted by Crippen LogP contribution is 2.41. The Morgan fingerprint density at radius 2 is 1.91 bits per heavy atom. The van der Waals surface area contributed by atoms with Crippen molar-refractivity contribution in [2.45, 2.75) is 57.9 Å². The van der Waals surface area contributed by atoms with Crippen molar-refractivity contribution in [2.75, 3.05) is 24.6 Å². The second-order valence-corrected chi connectivity index (χ2v) is 11.4. The van der Waals surface area contributed by atoms with Crippen molar-refractivity contribution >= 4 is 35.4 Å². The van der Waals surface area contributed by atoms with Crippen LogP contribution >= 0.6 is 11.8 Å². The lowest BCUT2D eigenvalue weighted by molar-refractivity contribution is -0.176. The molecule has 194 valence electrons. The Bertz CT molecular complexity index is 916. The Morgan fingerprint density at radius 3 is 2.46 bits per heavy atom. The molecule has 0 spiro atoms. The molecule has 9 nitrogen and oxygen atoms in total. The number of hydrogen-bond acceptors (Lipinski definition) is 6. The lowest BCUT2D eigenvalue weighted by atomic mass is 9.85. The zero-order valence-electron chi connectivity index (χ0n) is 19.8. The van der Waals surface area contributed by atoms with Crippen molar-refractivity contribution in [2.24, 2.45) is 23.2 Å². The summed E-state index contributed by atoms with van der Waals surface area (Å²) in [6.45, 7) is 5.27. The minimum Gasteiger partial charge on any atom is -0.356 e. The third kappa shape index (κ3) is 6.02. The Morgan fingerprint density at radius 1 is 1.23 bits per heavy atom. The summed E-state index contributed by atoms with van der Waals surface area (Å²) in [5.74, 6) is -3.12. The van der Waals surface area contributed by atoms with Crippen molar-refractivity contribution in [3.05, 3.63) is 0 Å². The molecule has 3 rings (SSSR count). The first kappa shape index (κ1) is 27.1. The molecular weight excluding hydrogens is 487 g/mol. The summed E-state index contributed by atoms with van der Waals surface area (Å²) in [6.07, 6.45) is -4.48. The van der Waals surface area contributed by atoms with Gasteiger partial charge in [-0.05, 0) is 35.7 Å². The van der Waals surface area contributed by atoms with Gasteiger partial charge in [-0.1, -0.05) is 20.8 Å². The third-order valence-electron chi connectivity index (χ3n) is 6.77. The van der Waals surface area contributed by atoms with Gasteiger partial charge in [0.05, 0.1) is 6.07 Å². The zero-order valence-corrected chi connectivity index (χ0v) is 20.6. The van der Waals surface area contributed by atoms with Crippen LogP contribution in [-0.2, 0) is 19.2 Å². The van der Waals surface area contributed by atoms with Crippen molar-refractivity contribution < 1.29 is 32.3 Å². The van der Waals surface area contributed by atoms with E-state index in [0.717, 1.165) is 0 Å². The van der Waals surface area contributed by atoms with Gasteiger partial charge in [0.2, 0.25) is 17.7 Å². The van der Waals surface area contributed by atoms with Crippen LogP contribution in [0.5, 0.6) is 0 Å². The fraction of sp³-hybridized carbons (Fsp3) is 0.773. The van der Waals surface area contributed by atoms with Crippen LogP contribution < -0.4 is 16.0 Å². The van der Waals surface area contributed by atoms with E-state index < -0.39 is 53.4 Å². The third-order valence-corrected chi connectivity index (χ3v) is 8.06. The molecule has 35 heavy (non-hydrogen) atoms. The number of carbonyl (C=O) groups is 4. The quantitative estimate of drug-likeness (QED) is 0.478. The maximum Gasteiger partial charge on any atom is 0.471 e. The first-order valence-electron chi connectivity index (χ1n) is 11.5. The van der Waals surface area contributed by atoms with Crippen LogP contribution in [0.1, 0.15) is 33.6 Å². The Balaban J connectivity index is 1.81. The Kier molecular flexibility index (Phi) is 7.93. The number of hydrogen-bond donors (Lipinski definition) is 3. The smallest absolute Gasteiger partial charge is 0.356 e. The van der Waals surface area contributed by atoms with E-state index in [1.54, 1.807) is 11.8 Å². The molecule has 0 bridgehead atoms. The fourth-order valence-electron chi connectivity index (χ4n) is 4.90. The normalized spacial score (nSPS) is 28.0. The van der Waals surface area contributed by atoms with Gasteiger partial charge in [-0.3, -0.25) is 19.2 Å². The average Bonchev–Trinajstić information content (AvgIpc) is 3.45. The number of alkyl halides is 3. The predicted octanol–water partition coefficient (Wildman–Crippen LogP) is 0.804. The predicted molar refractivity (Wildman–Crippen MR) is 121 cm³/mol. The van der Waals surface area contributed by atoms with E-state index in [0.29, 0.717) is 24.5 Å². The van der Waals surface area contributed by atoms with Crippen molar-refractivity contribution in [1.29, 1.82) is 5.26 Å². The Labute approximate surface area is 205 Å². The maximum atomic E-state index is 13.5. The van der Waals surface area contributed by atoms with Crippen LogP contribution in [0.2, 0.25) is 0 Å². The molecule has 4 amide bonds. The molecule has 3 aliphatic rings. The van der Waals surface area contributed by atoms with Gasteiger partial charge >= 0.3 is 12.1 Å². The minimum absolute atomic E-state index is 0.0280. The summed E-state index contributed by atoms with van der Waals surface area (Å²) in [5, 5.41) is 16.7. The highest BCUT2D eigenvalue weighted by molar-refractivity contribution is 7.99. The summed E-state index contributed by atoms with van der Waals surface area (Å²) in [6, 6.07) is -1.45. The number of carbonyl (C=O) groups excluding carboxylic acids is 4. The highest BCUT2D eigenvalue weighted by Gasteiger charge is 2.53. The van der Waals surface area contributed by atoms with Gasteiger partial charge in [0.15, 0.2) is 0 Å². The number of likely N-dealkylation sites (tertiary alicyclic amines) is 1. The topological polar surface area (TPSA) is 131 Å². The molecule has 3 heterocycles. The molecule has 3 saturated heterocycles. The van der Waals surface area contributed by atoms with Gasteiger partial charge in [0, 0.05) is 24.9 Å². The van der Waals surface area contributed by atoms with E-state index in [1.807, 2.05) is 11.4 Å². The van der Waals surface area contributed by atoms with Crippen LogP contribution in [0, 0.1) is 34.5 Å². The van der Waals surface area contributed by atoms with Crippen LogP contribution in [0.15, 0.2) is 0 Å². The molecule has 6 atom stereocenters. The summed E-state index contributed by atoms with van der Waals surface area (Å²) in [5.41, 5.74) is -1.06. The summed E-state index contributed by atoms with van der Waals surface area (Å²) < 4.78 is 38.8. The molecule has 0 saturated carbocycles. The van der Waals surface area contributed by atoms with Crippen molar-refractivity contribution in [3.8, 4) is 6.07 Å². The molecule has 0 aliphatic carbocycles. The molecule has 3 N–H and O–H groups in total. The SMILES string of the molecule is CC(C)(C)[C@H](NC(=O)C(F)(F)F)C(=O)N1C[C@@H]2CSC[C@@H]2[C@H]1C(=O)N[C@H](C#N)C[C@@H]1CCNC1=O. The summed E-state index contributed by atoms with van der Waals surface area (Å²) in [7, 11) is 0. The molecule has 0 aromatic carbocycles. The molecule has 0 aromatic rings. The van der Waals surface area contributed by atoms with Gasteiger partial charge in [-0.2, -0.15) is 30.2 Å². The monoisotopic (exact) mass is 517 g/mol. The second-order valence-electron chi connectivity index (χ2n) is 10.4. The van der Waals surface area contributed by atoms with E-state index >= 15 is 0 Å². The standard InChI is InChI=1S/C22H30F3N5O4S/c1-21(2,3)16(29-20(34)22(23,24)25)19(33)30-8-12-9-35-10-14(12)15(30)18(32)28-13(7-26)6-11-4-5-27-17(11)31/h11-16H,4-6,8-10H2,1-3H3,(H,27,31)(H,28,32)(H,29,34)/t11-,12+,13-,14-,15-,16+/m0/s1. The molecule has 3 aliphatic heterocycles. The molecule has 0 aromatic heterocycles. The molecule has 3 fully saturated rings. The van der Waals surface area contributed by atoms with Crippen molar-refractivity contribution in [3.63, 3.8) is 0 Å². The average molecular weight is 518 g/mol. The van der Waals surface area contributed by atoms with Crippen LogP contribution in [-0.4, -0.2) is 77.4 Å². The molecule has 0 unspecified atom stereocenters. The van der Waals surface area contributed by atoms with Gasteiger partial charge in [0.25, 0.3) is 0 Å². The van der Waals surface area contributed by atoms with E-state index in [2.05, 4.69) is 10.6 Å². The number of rotatable bonds is 6. The number of amides is 4. The lowest BCUT2D eigenvalue weighted by Crippen LogP contribution is -2.60. The number of halogens is 3. The Hall–Kier alpha value is -2.49. The van der Waals surface area contributed by atoms with Crippen LogP contribution in [0.4, 0.5) is 13.2 Å².